The number of phenolic OH excluding ortho intramolecular Hbond substituents is 2. The molecule has 5 rings (SSSR count). The van der Waals surface area contributed by atoms with E-state index in [9.17, 15) is 29.7 Å². The van der Waals surface area contributed by atoms with Crippen molar-refractivity contribution in [3.63, 3.8) is 0 Å². The number of fused-ring (bicyclic) bond motifs is 3. The standard InChI is InChI=1S/C27H29NO9/c1-11-7-8-15(28)26(36-11)37-17-10-27(34,12(2)29)9-14-19(17)25(33)21-20(23(14)31)22(30)13-5-4-6-16(35-3)18(13)24(21)32/h4-6,11,15,17,26,31,33-34H,7-10,28H2,1-3H3/t11-,15+,17-,26-,27-/m0/s1. The second-order valence-electron chi connectivity index (χ2n) is 10.0. The molecule has 10 nitrogen and oxygen atoms in total. The van der Waals surface area contributed by atoms with Crippen LogP contribution in [0.3, 0.4) is 0 Å². The highest BCUT2D eigenvalue weighted by Gasteiger charge is 2.49. The Morgan fingerprint density at radius 1 is 1.11 bits per heavy atom. The van der Waals surface area contributed by atoms with Crippen LogP contribution >= 0.6 is 0 Å². The third-order valence-corrected chi connectivity index (χ3v) is 7.65. The van der Waals surface area contributed by atoms with E-state index in [-0.39, 0.29) is 52.5 Å². The Morgan fingerprint density at radius 2 is 1.81 bits per heavy atom. The minimum absolute atomic E-state index is 0.00695. The minimum atomic E-state index is -1.96. The topological polar surface area (TPSA) is 166 Å². The van der Waals surface area contributed by atoms with E-state index >= 15 is 0 Å². The van der Waals surface area contributed by atoms with Crippen LogP contribution in [0.2, 0.25) is 0 Å². The SMILES string of the molecule is COc1cccc2c1C(=O)c1c(O)c3c(c(O)c1C2=O)C[C@@](O)(C(C)=O)C[C@@H]3O[C@@H]1O[C@@H](C)CC[C@H]1N. The Hall–Kier alpha value is -3.31. The number of Topliss-reactive ketones (excluding diaryl/α,β-unsaturated/α-hetero) is 1. The van der Waals surface area contributed by atoms with Crippen LogP contribution in [0.25, 0.3) is 0 Å². The fourth-order valence-electron chi connectivity index (χ4n) is 5.56. The highest BCUT2D eigenvalue weighted by Crippen LogP contribution is 2.52. The maximum Gasteiger partial charge on any atom is 0.202 e. The van der Waals surface area contributed by atoms with Crippen molar-refractivity contribution in [1.82, 2.24) is 0 Å². The smallest absolute Gasteiger partial charge is 0.202 e. The van der Waals surface area contributed by atoms with Crippen molar-refractivity contribution in [2.45, 2.75) is 69.7 Å². The predicted octanol–water partition coefficient (Wildman–Crippen LogP) is 2.06. The van der Waals surface area contributed by atoms with Crippen LogP contribution in [-0.4, -0.2) is 63.8 Å². The lowest BCUT2D eigenvalue weighted by molar-refractivity contribution is -0.230. The van der Waals surface area contributed by atoms with Gasteiger partial charge in [-0.05, 0) is 32.8 Å². The average molecular weight is 512 g/mol. The van der Waals surface area contributed by atoms with Crippen LogP contribution < -0.4 is 10.5 Å². The fourth-order valence-corrected chi connectivity index (χ4v) is 5.56. The molecule has 0 spiro atoms. The van der Waals surface area contributed by atoms with Gasteiger partial charge in [0, 0.05) is 29.5 Å². The number of aliphatic hydroxyl groups is 1. The first-order chi connectivity index (χ1) is 17.5. The van der Waals surface area contributed by atoms with E-state index in [1.165, 1.54) is 32.2 Å². The largest absolute Gasteiger partial charge is 0.507 e. The number of ketones is 3. The monoisotopic (exact) mass is 511 g/mol. The van der Waals surface area contributed by atoms with Crippen LogP contribution in [0.15, 0.2) is 18.2 Å². The second kappa shape index (κ2) is 8.91. The molecular formula is C27H29NO9. The minimum Gasteiger partial charge on any atom is -0.507 e. The maximum absolute atomic E-state index is 13.6. The molecule has 5 atom stereocenters. The van der Waals surface area contributed by atoms with Crippen molar-refractivity contribution >= 4 is 17.3 Å². The van der Waals surface area contributed by atoms with E-state index in [0.717, 1.165) is 6.42 Å². The van der Waals surface area contributed by atoms with Crippen molar-refractivity contribution in [3.05, 3.63) is 51.6 Å². The first-order valence-corrected chi connectivity index (χ1v) is 12.2. The molecule has 10 heteroatoms. The summed E-state index contributed by atoms with van der Waals surface area (Å²) in [6.45, 7) is 3.07. The van der Waals surface area contributed by atoms with E-state index in [4.69, 9.17) is 19.9 Å². The molecule has 1 saturated heterocycles. The number of phenols is 2. The predicted molar refractivity (Wildman–Crippen MR) is 129 cm³/mol. The molecule has 1 heterocycles. The molecule has 1 aliphatic heterocycles. The van der Waals surface area contributed by atoms with Gasteiger partial charge in [0.2, 0.25) is 5.78 Å². The van der Waals surface area contributed by atoms with Gasteiger partial charge >= 0.3 is 0 Å². The van der Waals surface area contributed by atoms with Crippen molar-refractivity contribution < 1.29 is 43.9 Å². The Bertz CT molecular complexity index is 1340. The van der Waals surface area contributed by atoms with E-state index in [1.54, 1.807) is 0 Å². The van der Waals surface area contributed by atoms with Gasteiger partial charge in [-0.25, -0.2) is 0 Å². The van der Waals surface area contributed by atoms with Gasteiger partial charge < -0.3 is 35.3 Å². The van der Waals surface area contributed by atoms with Gasteiger partial charge in [0.05, 0.1) is 42.0 Å². The zero-order valence-electron chi connectivity index (χ0n) is 20.7. The molecular weight excluding hydrogens is 482 g/mol. The van der Waals surface area contributed by atoms with E-state index in [0.29, 0.717) is 6.42 Å². The molecule has 5 N–H and O–H groups in total. The zero-order valence-corrected chi connectivity index (χ0v) is 20.7. The van der Waals surface area contributed by atoms with Gasteiger partial charge in [0.25, 0.3) is 0 Å². The molecule has 2 aromatic rings. The molecule has 0 saturated carbocycles. The Balaban J connectivity index is 1.71. The zero-order chi connectivity index (χ0) is 26.8. The summed E-state index contributed by atoms with van der Waals surface area (Å²) in [4.78, 5) is 39.6. The summed E-state index contributed by atoms with van der Waals surface area (Å²) in [7, 11) is 1.36. The summed E-state index contributed by atoms with van der Waals surface area (Å²) in [5.41, 5.74) is 3.41. The van der Waals surface area contributed by atoms with Crippen molar-refractivity contribution in [1.29, 1.82) is 0 Å². The highest BCUT2D eigenvalue weighted by molar-refractivity contribution is 6.31. The molecule has 2 aliphatic carbocycles. The van der Waals surface area contributed by atoms with E-state index in [1.807, 2.05) is 6.92 Å². The third kappa shape index (κ3) is 3.83. The van der Waals surface area contributed by atoms with Gasteiger partial charge in [0.15, 0.2) is 17.9 Å². The first kappa shape index (κ1) is 25.3. The number of rotatable bonds is 4. The summed E-state index contributed by atoms with van der Waals surface area (Å²) < 4.78 is 17.3. The van der Waals surface area contributed by atoms with Crippen LogP contribution in [0.5, 0.6) is 17.2 Å². The lowest BCUT2D eigenvalue weighted by Gasteiger charge is -2.41. The molecule has 0 unspecified atom stereocenters. The summed E-state index contributed by atoms with van der Waals surface area (Å²) in [6, 6.07) is 3.97. The van der Waals surface area contributed by atoms with E-state index in [2.05, 4.69) is 0 Å². The first-order valence-electron chi connectivity index (χ1n) is 12.2. The molecule has 196 valence electrons. The maximum atomic E-state index is 13.6. The van der Waals surface area contributed by atoms with Gasteiger partial charge in [-0.3, -0.25) is 14.4 Å². The number of carbonyl (C=O) groups excluding carboxylic acids is 3. The lowest BCUT2D eigenvalue weighted by Crippen LogP contribution is -2.49. The molecule has 0 amide bonds. The molecule has 1 fully saturated rings. The Labute approximate surface area is 212 Å². The van der Waals surface area contributed by atoms with Gasteiger partial charge in [0.1, 0.15) is 22.8 Å². The molecule has 3 aliphatic rings. The molecule has 0 radical (unpaired) electrons. The fraction of sp³-hybridized carbons (Fsp3) is 0.444. The molecule has 37 heavy (non-hydrogen) atoms. The van der Waals surface area contributed by atoms with E-state index < -0.39 is 58.4 Å². The van der Waals surface area contributed by atoms with Gasteiger partial charge in [-0.1, -0.05) is 12.1 Å². The summed E-state index contributed by atoms with van der Waals surface area (Å²) in [5.74, 6) is -2.99. The summed E-state index contributed by atoms with van der Waals surface area (Å²) in [6.07, 6.45) is -1.59. The normalized spacial score (nSPS) is 28.8. The molecule has 2 aromatic carbocycles. The highest BCUT2D eigenvalue weighted by atomic mass is 16.7. The van der Waals surface area contributed by atoms with Crippen molar-refractivity contribution in [2.24, 2.45) is 5.73 Å². The third-order valence-electron chi connectivity index (χ3n) is 7.65. The van der Waals surface area contributed by atoms with Crippen LogP contribution in [0.1, 0.15) is 82.2 Å². The van der Waals surface area contributed by atoms with Gasteiger partial charge in [-0.15, -0.1) is 0 Å². The second-order valence-corrected chi connectivity index (χ2v) is 10.0. The number of ether oxygens (including phenoxy) is 3. The summed E-state index contributed by atoms with van der Waals surface area (Å²) >= 11 is 0. The Morgan fingerprint density at radius 3 is 2.49 bits per heavy atom. The van der Waals surface area contributed by atoms with Crippen LogP contribution in [-0.2, 0) is 20.7 Å². The van der Waals surface area contributed by atoms with Crippen molar-refractivity contribution in [2.75, 3.05) is 7.11 Å². The number of carbonyl (C=O) groups is 3. The number of benzene rings is 2. The summed E-state index contributed by atoms with van der Waals surface area (Å²) in [5, 5.41) is 34.0. The number of aromatic hydroxyl groups is 2. The van der Waals surface area contributed by atoms with Crippen LogP contribution in [0.4, 0.5) is 0 Å². The quantitative estimate of drug-likeness (QED) is 0.381. The number of hydrogen-bond acceptors (Lipinski definition) is 10. The van der Waals surface area contributed by atoms with Crippen LogP contribution in [0, 0.1) is 0 Å². The molecule has 0 aromatic heterocycles. The van der Waals surface area contributed by atoms with Gasteiger partial charge in [-0.2, -0.15) is 0 Å². The van der Waals surface area contributed by atoms with Crippen molar-refractivity contribution in [3.8, 4) is 17.2 Å². The number of methoxy groups -OCH3 is 1. The average Bonchev–Trinajstić information content (AvgIpc) is 2.86. The number of nitrogens with two attached hydrogens (primary N) is 1. The lowest BCUT2D eigenvalue weighted by atomic mass is 9.72. The Kier molecular flexibility index (Phi) is 6.11. The molecule has 0 bridgehead atoms. The number of hydrogen-bond donors (Lipinski definition) is 4.